The van der Waals surface area contributed by atoms with E-state index in [2.05, 4.69) is 29.6 Å². The number of carboxylic acids is 1. The SMILES string of the molecule is CCC[C@H](NC(=O)OCC1c2ccccc2-c2ccccc21)C(=O)N1CCCC(C)(C(=O)O)C1. The Kier molecular flexibility index (Phi) is 6.91. The fraction of sp³-hybridized carbons (Fsp3) is 0.444. The van der Waals surface area contributed by atoms with Crippen LogP contribution in [0.25, 0.3) is 11.1 Å². The first-order valence-electron chi connectivity index (χ1n) is 12.0. The van der Waals surface area contributed by atoms with E-state index in [0.717, 1.165) is 22.3 Å². The Hall–Kier alpha value is -3.35. The fourth-order valence-corrected chi connectivity index (χ4v) is 5.15. The quantitative estimate of drug-likeness (QED) is 0.633. The normalized spacial score (nSPS) is 20.2. The molecule has 2 aromatic rings. The Labute approximate surface area is 200 Å². The lowest BCUT2D eigenvalue weighted by molar-refractivity contribution is -0.154. The number of nitrogens with one attached hydrogen (secondary N) is 1. The molecule has 0 bridgehead atoms. The van der Waals surface area contributed by atoms with Gasteiger partial charge in [0.2, 0.25) is 5.91 Å². The lowest BCUT2D eigenvalue weighted by Crippen LogP contribution is -2.54. The summed E-state index contributed by atoms with van der Waals surface area (Å²) < 4.78 is 5.62. The second kappa shape index (κ2) is 9.87. The highest BCUT2D eigenvalue weighted by Crippen LogP contribution is 2.44. The molecule has 4 rings (SSSR count). The van der Waals surface area contributed by atoms with Gasteiger partial charge in [-0.25, -0.2) is 4.79 Å². The summed E-state index contributed by atoms with van der Waals surface area (Å²) in [5, 5.41) is 12.3. The van der Waals surface area contributed by atoms with E-state index in [9.17, 15) is 19.5 Å². The molecule has 1 aliphatic heterocycles. The summed E-state index contributed by atoms with van der Waals surface area (Å²) in [4.78, 5) is 39.2. The summed E-state index contributed by atoms with van der Waals surface area (Å²) >= 11 is 0. The average Bonchev–Trinajstić information content (AvgIpc) is 3.16. The number of hydrogen-bond donors (Lipinski definition) is 2. The first-order valence-corrected chi connectivity index (χ1v) is 12.0. The average molecular weight is 465 g/mol. The summed E-state index contributed by atoms with van der Waals surface area (Å²) in [6, 6.07) is 15.5. The molecule has 2 aliphatic rings. The van der Waals surface area contributed by atoms with Crippen LogP contribution in [-0.2, 0) is 14.3 Å². The number of aliphatic carboxylic acids is 1. The van der Waals surface area contributed by atoms with Crippen molar-refractivity contribution in [2.45, 2.75) is 51.5 Å². The van der Waals surface area contributed by atoms with Gasteiger partial charge in [-0.05, 0) is 48.4 Å². The molecule has 1 unspecified atom stereocenters. The zero-order valence-corrected chi connectivity index (χ0v) is 19.8. The molecule has 0 saturated carbocycles. The van der Waals surface area contributed by atoms with Crippen LogP contribution in [0.2, 0.25) is 0 Å². The van der Waals surface area contributed by atoms with Crippen LogP contribution in [0.15, 0.2) is 48.5 Å². The number of hydrogen-bond acceptors (Lipinski definition) is 4. The third kappa shape index (κ3) is 4.65. The van der Waals surface area contributed by atoms with Gasteiger partial charge in [0.05, 0.1) is 5.41 Å². The molecule has 1 saturated heterocycles. The molecule has 2 atom stereocenters. The van der Waals surface area contributed by atoms with Gasteiger partial charge < -0.3 is 20.1 Å². The summed E-state index contributed by atoms with van der Waals surface area (Å²) in [6.07, 6.45) is 1.68. The summed E-state index contributed by atoms with van der Waals surface area (Å²) in [5.74, 6) is -1.21. The highest BCUT2D eigenvalue weighted by atomic mass is 16.5. The van der Waals surface area contributed by atoms with Crippen LogP contribution < -0.4 is 5.32 Å². The van der Waals surface area contributed by atoms with Crippen LogP contribution in [0, 0.1) is 5.41 Å². The van der Waals surface area contributed by atoms with Crippen molar-refractivity contribution in [3.05, 3.63) is 59.7 Å². The van der Waals surface area contributed by atoms with Gasteiger partial charge in [0, 0.05) is 19.0 Å². The molecular formula is C27H32N2O5. The first kappa shape index (κ1) is 23.8. The molecule has 7 heteroatoms. The zero-order chi connectivity index (χ0) is 24.3. The van der Waals surface area contributed by atoms with Gasteiger partial charge in [-0.2, -0.15) is 0 Å². The predicted octanol–water partition coefficient (Wildman–Crippen LogP) is 4.41. The minimum absolute atomic E-state index is 0.0585. The zero-order valence-electron chi connectivity index (χ0n) is 19.8. The number of carboxylic acid groups (broad SMARTS) is 1. The van der Waals surface area contributed by atoms with Crippen LogP contribution in [-0.4, -0.2) is 53.7 Å². The number of nitrogens with zero attached hydrogens (tertiary/aromatic N) is 1. The number of rotatable bonds is 7. The standard InChI is InChI=1S/C27H32N2O5/c1-3-9-23(24(30)29-15-8-14-27(2,17-29)25(31)32)28-26(33)34-16-22-20-12-6-4-10-18(20)19-11-5-7-13-21(19)22/h4-7,10-13,22-23H,3,8-9,14-17H2,1-2H3,(H,28,33)(H,31,32)/t23-,27?/m0/s1. The van der Waals surface area contributed by atoms with Gasteiger partial charge in [-0.15, -0.1) is 0 Å². The number of fused-ring (bicyclic) bond motifs is 3. The summed E-state index contributed by atoms with van der Waals surface area (Å²) in [7, 11) is 0. The maximum Gasteiger partial charge on any atom is 0.407 e. The van der Waals surface area contributed by atoms with Gasteiger partial charge in [0.15, 0.2) is 0 Å². The van der Waals surface area contributed by atoms with Crippen LogP contribution in [0.5, 0.6) is 0 Å². The van der Waals surface area contributed by atoms with Crippen molar-refractivity contribution in [3.63, 3.8) is 0 Å². The number of ether oxygens (including phenoxy) is 1. The molecule has 0 aromatic heterocycles. The van der Waals surface area contributed by atoms with Crippen LogP contribution in [0.3, 0.4) is 0 Å². The number of piperidine rings is 1. The minimum atomic E-state index is -0.964. The van der Waals surface area contributed by atoms with Crippen molar-refractivity contribution in [1.29, 1.82) is 0 Å². The third-order valence-corrected chi connectivity index (χ3v) is 7.04. The van der Waals surface area contributed by atoms with Crippen molar-refractivity contribution in [1.82, 2.24) is 10.2 Å². The molecule has 0 radical (unpaired) electrons. The number of alkyl carbamates (subject to hydrolysis) is 1. The lowest BCUT2D eigenvalue weighted by Gasteiger charge is -2.39. The first-order chi connectivity index (χ1) is 16.3. The Morgan fingerprint density at radius 1 is 1.12 bits per heavy atom. The molecule has 2 aromatic carbocycles. The molecule has 7 nitrogen and oxygen atoms in total. The highest BCUT2D eigenvalue weighted by molar-refractivity contribution is 5.87. The van der Waals surface area contributed by atoms with Crippen molar-refractivity contribution in [2.75, 3.05) is 19.7 Å². The molecule has 1 heterocycles. The maximum atomic E-state index is 13.2. The van der Waals surface area contributed by atoms with Gasteiger partial charge >= 0.3 is 12.1 Å². The van der Waals surface area contributed by atoms with Crippen LogP contribution in [0.1, 0.15) is 56.6 Å². The Balaban J connectivity index is 1.41. The minimum Gasteiger partial charge on any atom is -0.481 e. The van der Waals surface area contributed by atoms with E-state index in [-0.39, 0.29) is 25.0 Å². The second-order valence-corrected chi connectivity index (χ2v) is 9.54. The molecule has 2 N–H and O–H groups in total. The lowest BCUT2D eigenvalue weighted by atomic mass is 9.82. The number of carbonyl (C=O) groups is 3. The van der Waals surface area contributed by atoms with Crippen molar-refractivity contribution in [3.8, 4) is 11.1 Å². The molecule has 2 amide bonds. The van der Waals surface area contributed by atoms with E-state index in [1.165, 1.54) is 0 Å². The van der Waals surface area contributed by atoms with Crippen molar-refractivity contribution >= 4 is 18.0 Å². The summed E-state index contributed by atoms with van der Waals surface area (Å²) in [6.45, 7) is 4.43. The topological polar surface area (TPSA) is 95.9 Å². The van der Waals surface area contributed by atoms with E-state index in [1.54, 1.807) is 11.8 Å². The number of amides is 2. The van der Waals surface area contributed by atoms with Crippen molar-refractivity contribution < 1.29 is 24.2 Å². The number of carbonyl (C=O) groups excluding carboxylic acids is 2. The Morgan fingerprint density at radius 3 is 2.32 bits per heavy atom. The Morgan fingerprint density at radius 2 is 1.74 bits per heavy atom. The second-order valence-electron chi connectivity index (χ2n) is 9.54. The largest absolute Gasteiger partial charge is 0.481 e. The van der Waals surface area contributed by atoms with Crippen LogP contribution >= 0.6 is 0 Å². The van der Waals surface area contributed by atoms with E-state index in [0.29, 0.717) is 32.2 Å². The Bertz CT molecular complexity index is 1040. The van der Waals surface area contributed by atoms with Gasteiger partial charge in [0.1, 0.15) is 12.6 Å². The van der Waals surface area contributed by atoms with Crippen molar-refractivity contribution in [2.24, 2.45) is 5.41 Å². The van der Waals surface area contributed by atoms with E-state index < -0.39 is 23.5 Å². The highest BCUT2D eigenvalue weighted by Gasteiger charge is 2.41. The maximum absolute atomic E-state index is 13.2. The van der Waals surface area contributed by atoms with Gasteiger partial charge in [-0.1, -0.05) is 61.9 Å². The summed E-state index contributed by atoms with van der Waals surface area (Å²) in [5.41, 5.74) is 3.59. The molecule has 34 heavy (non-hydrogen) atoms. The molecule has 180 valence electrons. The van der Waals surface area contributed by atoms with E-state index in [4.69, 9.17) is 4.74 Å². The number of likely N-dealkylation sites (tertiary alicyclic amines) is 1. The molecular weight excluding hydrogens is 432 g/mol. The van der Waals surface area contributed by atoms with E-state index in [1.807, 2.05) is 31.2 Å². The van der Waals surface area contributed by atoms with Gasteiger partial charge in [0.25, 0.3) is 0 Å². The smallest absolute Gasteiger partial charge is 0.407 e. The predicted molar refractivity (Wildman–Crippen MR) is 128 cm³/mol. The third-order valence-electron chi connectivity index (χ3n) is 7.04. The molecule has 1 aliphatic carbocycles. The molecule has 1 fully saturated rings. The number of benzene rings is 2. The van der Waals surface area contributed by atoms with Crippen LogP contribution in [0.4, 0.5) is 4.79 Å². The molecule has 0 spiro atoms. The van der Waals surface area contributed by atoms with E-state index >= 15 is 0 Å². The fourth-order valence-electron chi connectivity index (χ4n) is 5.15. The van der Waals surface area contributed by atoms with Gasteiger partial charge in [-0.3, -0.25) is 9.59 Å². The monoisotopic (exact) mass is 464 g/mol.